The van der Waals surface area contributed by atoms with Gasteiger partial charge in [-0.25, -0.2) is 9.78 Å². The highest BCUT2D eigenvalue weighted by Gasteiger charge is 2.10. The molecule has 0 unspecified atom stereocenters. The van der Waals surface area contributed by atoms with Crippen LogP contribution >= 0.6 is 0 Å². The second-order valence-corrected chi connectivity index (χ2v) is 5.84. The molecule has 0 radical (unpaired) electrons. The Labute approximate surface area is 131 Å². The molecule has 6 heteroatoms. The summed E-state index contributed by atoms with van der Waals surface area (Å²) in [6.45, 7) is 4.46. The van der Waals surface area contributed by atoms with Gasteiger partial charge in [0.25, 0.3) is 0 Å². The van der Waals surface area contributed by atoms with Crippen LogP contribution < -0.4 is 15.5 Å². The molecular weight excluding hydrogens is 280 g/mol. The first kappa shape index (κ1) is 16.5. The van der Waals surface area contributed by atoms with E-state index in [-0.39, 0.29) is 12.6 Å². The summed E-state index contributed by atoms with van der Waals surface area (Å²) in [5.41, 5.74) is 0.964. The fourth-order valence-corrected chi connectivity index (χ4v) is 2.49. The van der Waals surface area contributed by atoms with Crippen molar-refractivity contribution in [1.29, 1.82) is 0 Å². The van der Waals surface area contributed by atoms with Crippen molar-refractivity contribution < 1.29 is 9.90 Å². The molecule has 22 heavy (non-hydrogen) atoms. The van der Waals surface area contributed by atoms with Gasteiger partial charge < -0.3 is 20.6 Å². The van der Waals surface area contributed by atoms with E-state index in [1.807, 2.05) is 18.3 Å². The SMILES string of the molecule is C[C@H](O)CNC(=O)NCc1ccc(N2CCCCCC2)nc1. The van der Waals surface area contributed by atoms with Crippen LogP contribution in [0, 0.1) is 0 Å². The molecule has 1 aliphatic rings. The molecular formula is C16H26N4O2. The van der Waals surface area contributed by atoms with Crippen LogP contribution in [0.2, 0.25) is 0 Å². The Kier molecular flexibility index (Phi) is 6.45. The van der Waals surface area contributed by atoms with Gasteiger partial charge in [0.1, 0.15) is 5.82 Å². The first-order chi connectivity index (χ1) is 10.6. The number of amides is 2. The van der Waals surface area contributed by atoms with E-state index in [1.54, 1.807) is 6.92 Å². The molecule has 0 saturated carbocycles. The van der Waals surface area contributed by atoms with Crippen molar-refractivity contribution in [3.63, 3.8) is 0 Å². The van der Waals surface area contributed by atoms with Crippen molar-refractivity contribution >= 4 is 11.8 Å². The van der Waals surface area contributed by atoms with Crippen molar-refractivity contribution in [3.8, 4) is 0 Å². The summed E-state index contributed by atoms with van der Waals surface area (Å²) < 4.78 is 0. The van der Waals surface area contributed by atoms with Crippen molar-refractivity contribution in [2.75, 3.05) is 24.5 Å². The molecule has 122 valence electrons. The van der Waals surface area contributed by atoms with Gasteiger partial charge in [-0.15, -0.1) is 0 Å². The number of hydrogen-bond acceptors (Lipinski definition) is 4. The maximum Gasteiger partial charge on any atom is 0.315 e. The molecule has 2 rings (SSSR count). The third kappa shape index (κ3) is 5.52. The summed E-state index contributed by atoms with van der Waals surface area (Å²) in [5, 5.41) is 14.4. The standard InChI is InChI=1S/C16H26N4O2/c1-13(21)10-18-16(22)19-12-14-6-7-15(17-11-14)20-8-4-2-3-5-9-20/h6-7,11,13,21H,2-5,8-10,12H2,1H3,(H2,18,19,22)/t13-/m0/s1. The van der Waals surface area contributed by atoms with Crippen LogP contribution in [-0.2, 0) is 6.54 Å². The quantitative estimate of drug-likeness (QED) is 0.773. The predicted octanol–water partition coefficient (Wildman–Crippen LogP) is 1.64. The van der Waals surface area contributed by atoms with Gasteiger partial charge in [-0.1, -0.05) is 18.9 Å². The summed E-state index contributed by atoms with van der Waals surface area (Å²) in [6.07, 6.45) is 6.35. The third-order valence-corrected chi connectivity index (χ3v) is 3.75. The van der Waals surface area contributed by atoms with Crippen LogP contribution in [0.3, 0.4) is 0 Å². The molecule has 0 spiro atoms. The highest BCUT2D eigenvalue weighted by Crippen LogP contribution is 2.17. The van der Waals surface area contributed by atoms with Gasteiger partial charge in [-0.2, -0.15) is 0 Å². The second kappa shape index (κ2) is 8.58. The first-order valence-electron chi connectivity index (χ1n) is 8.05. The van der Waals surface area contributed by atoms with E-state index in [2.05, 4.69) is 20.5 Å². The van der Waals surface area contributed by atoms with Crippen molar-refractivity contribution in [2.45, 2.75) is 45.3 Å². The van der Waals surface area contributed by atoms with Crippen LogP contribution in [0.1, 0.15) is 38.2 Å². The van der Waals surface area contributed by atoms with Crippen LogP contribution in [0.25, 0.3) is 0 Å². The van der Waals surface area contributed by atoms with Crippen LogP contribution in [0.5, 0.6) is 0 Å². The summed E-state index contributed by atoms with van der Waals surface area (Å²) in [5.74, 6) is 1.02. The van der Waals surface area contributed by atoms with Crippen molar-refractivity contribution in [3.05, 3.63) is 23.9 Å². The largest absolute Gasteiger partial charge is 0.392 e. The Morgan fingerprint density at radius 2 is 2.00 bits per heavy atom. The number of hydrogen-bond donors (Lipinski definition) is 3. The molecule has 1 aromatic heterocycles. The van der Waals surface area contributed by atoms with Gasteiger partial charge in [0, 0.05) is 32.4 Å². The van der Waals surface area contributed by atoms with Crippen LogP contribution in [0.15, 0.2) is 18.3 Å². The third-order valence-electron chi connectivity index (χ3n) is 3.75. The smallest absolute Gasteiger partial charge is 0.315 e. The minimum atomic E-state index is -0.541. The number of pyridine rings is 1. The van der Waals surface area contributed by atoms with E-state index in [1.165, 1.54) is 25.7 Å². The lowest BCUT2D eigenvalue weighted by Gasteiger charge is -2.21. The summed E-state index contributed by atoms with van der Waals surface area (Å²) in [4.78, 5) is 18.4. The molecule has 1 aliphatic heterocycles. The molecule has 1 aromatic rings. The lowest BCUT2D eigenvalue weighted by Crippen LogP contribution is -2.38. The monoisotopic (exact) mass is 306 g/mol. The minimum Gasteiger partial charge on any atom is -0.392 e. The lowest BCUT2D eigenvalue weighted by molar-refractivity contribution is 0.187. The summed E-state index contributed by atoms with van der Waals surface area (Å²) in [7, 11) is 0. The highest BCUT2D eigenvalue weighted by molar-refractivity contribution is 5.73. The number of nitrogens with one attached hydrogen (secondary N) is 2. The molecule has 0 aliphatic carbocycles. The number of urea groups is 1. The zero-order valence-corrected chi connectivity index (χ0v) is 13.2. The number of carbonyl (C=O) groups excluding carboxylic acids is 1. The van der Waals surface area contributed by atoms with E-state index in [0.29, 0.717) is 6.54 Å². The van der Waals surface area contributed by atoms with Crippen LogP contribution in [0.4, 0.5) is 10.6 Å². The molecule has 0 aromatic carbocycles. The number of aliphatic hydroxyl groups excluding tert-OH is 1. The summed E-state index contributed by atoms with van der Waals surface area (Å²) in [6, 6.07) is 3.75. The van der Waals surface area contributed by atoms with E-state index in [4.69, 9.17) is 5.11 Å². The fraction of sp³-hybridized carbons (Fsp3) is 0.625. The number of rotatable bonds is 5. The van der Waals surface area contributed by atoms with Crippen LogP contribution in [-0.4, -0.2) is 41.9 Å². The maximum absolute atomic E-state index is 11.5. The number of aliphatic hydroxyl groups is 1. The average Bonchev–Trinajstić information content (AvgIpc) is 2.80. The van der Waals surface area contributed by atoms with E-state index < -0.39 is 6.10 Å². The topological polar surface area (TPSA) is 77.5 Å². The van der Waals surface area contributed by atoms with Gasteiger partial charge in [0.2, 0.25) is 0 Å². The van der Waals surface area contributed by atoms with Gasteiger partial charge >= 0.3 is 6.03 Å². The Balaban J connectivity index is 1.80. The Morgan fingerprint density at radius 3 is 2.59 bits per heavy atom. The van der Waals surface area contributed by atoms with Gasteiger partial charge in [0.15, 0.2) is 0 Å². The van der Waals surface area contributed by atoms with E-state index >= 15 is 0 Å². The predicted molar refractivity (Wildman–Crippen MR) is 86.8 cm³/mol. The summed E-state index contributed by atoms with van der Waals surface area (Å²) >= 11 is 0. The van der Waals surface area contributed by atoms with E-state index in [0.717, 1.165) is 24.5 Å². The normalized spacial score (nSPS) is 16.7. The fourth-order valence-electron chi connectivity index (χ4n) is 2.49. The van der Waals surface area contributed by atoms with Gasteiger partial charge in [-0.05, 0) is 31.4 Å². The average molecular weight is 306 g/mol. The highest BCUT2D eigenvalue weighted by atomic mass is 16.3. The number of aromatic nitrogens is 1. The Morgan fingerprint density at radius 1 is 1.27 bits per heavy atom. The Hall–Kier alpha value is -1.82. The molecule has 0 bridgehead atoms. The zero-order valence-electron chi connectivity index (χ0n) is 13.2. The minimum absolute atomic E-state index is 0.248. The molecule has 2 heterocycles. The molecule has 6 nitrogen and oxygen atoms in total. The second-order valence-electron chi connectivity index (χ2n) is 5.84. The maximum atomic E-state index is 11.5. The zero-order chi connectivity index (χ0) is 15.8. The molecule has 1 saturated heterocycles. The molecule has 2 amide bonds. The van der Waals surface area contributed by atoms with Gasteiger partial charge in [0.05, 0.1) is 6.10 Å². The van der Waals surface area contributed by atoms with Crippen molar-refractivity contribution in [2.24, 2.45) is 0 Å². The molecule has 1 fully saturated rings. The number of anilines is 1. The molecule has 1 atom stereocenters. The number of carbonyl (C=O) groups is 1. The first-order valence-corrected chi connectivity index (χ1v) is 8.05. The van der Waals surface area contributed by atoms with E-state index in [9.17, 15) is 4.79 Å². The lowest BCUT2D eigenvalue weighted by atomic mass is 10.2. The number of nitrogens with zero attached hydrogens (tertiary/aromatic N) is 2. The van der Waals surface area contributed by atoms with Gasteiger partial charge in [-0.3, -0.25) is 0 Å². The Bertz CT molecular complexity index is 454. The molecule has 3 N–H and O–H groups in total. The van der Waals surface area contributed by atoms with Crippen molar-refractivity contribution in [1.82, 2.24) is 15.6 Å².